The lowest BCUT2D eigenvalue weighted by atomic mass is 10.1. The van der Waals surface area contributed by atoms with Crippen LogP contribution in [0.25, 0.3) is 10.6 Å². The molecule has 0 spiro atoms. The maximum Gasteiger partial charge on any atom is 0.123 e. The van der Waals surface area contributed by atoms with Crippen molar-refractivity contribution in [2.24, 2.45) is 0 Å². The van der Waals surface area contributed by atoms with Crippen molar-refractivity contribution in [3.05, 3.63) is 40.9 Å². The van der Waals surface area contributed by atoms with Gasteiger partial charge in [-0.05, 0) is 12.5 Å². The predicted molar refractivity (Wildman–Crippen MR) is 58.2 cm³/mol. The molecule has 0 bridgehead atoms. The lowest BCUT2D eigenvalue weighted by molar-refractivity contribution is 0.285. The van der Waals surface area contributed by atoms with Gasteiger partial charge in [0.15, 0.2) is 0 Å². The van der Waals surface area contributed by atoms with E-state index in [4.69, 9.17) is 5.11 Å². The zero-order valence-corrected chi connectivity index (χ0v) is 8.71. The van der Waals surface area contributed by atoms with E-state index in [1.165, 1.54) is 16.9 Å². The molecule has 1 N–H and O–H groups in total. The Morgan fingerprint density at radius 2 is 2.14 bits per heavy atom. The van der Waals surface area contributed by atoms with Crippen molar-refractivity contribution < 1.29 is 5.11 Å². The van der Waals surface area contributed by atoms with Gasteiger partial charge in [0.1, 0.15) is 5.01 Å². The molecule has 0 fully saturated rings. The van der Waals surface area contributed by atoms with Gasteiger partial charge in [0.05, 0.1) is 11.5 Å². The number of hydrogen-bond donors (Lipinski definition) is 1. The van der Waals surface area contributed by atoms with E-state index < -0.39 is 0 Å². The molecule has 3 heteroatoms. The highest BCUT2D eigenvalue weighted by molar-refractivity contribution is 7.15. The van der Waals surface area contributed by atoms with Crippen molar-refractivity contribution in [1.82, 2.24) is 4.98 Å². The van der Waals surface area contributed by atoms with Gasteiger partial charge in [0, 0.05) is 11.8 Å². The highest BCUT2D eigenvalue weighted by Gasteiger charge is 2.05. The molecular weight excluding hydrogens is 194 g/mol. The molecule has 0 aliphatic rings. The highest BCUT2D eigenvalue weighted by atomic mass is 32.1. The summed E-state index contributed by atoms with van der Waals surface area (Å²) in [5.41, 5.74) is 2.36. The van der Waals surface area contributed by atoms with Crippen molar-refractivity contribution in [3.8, 4) is 10.6 Å². The minimum absolute atomic E-state index is 0.0730. The Labute approximate surface area is 86.9 Å². The monoisotopic (exact) mass is 205 g/mol. The summed E-state index contributed by atoms with van der Waals surface area (Å²) >= 11 is 1.54. The first-order chi connectivity index (χ1) is 6.81. The van der Waals surface area contributed by atoms with E-state index in [2.05, 4.69) is 24.0 Å². The van der Waals surface area contributed by atoms with Crippen molar-refractivity contribution in [2.45, 2.75) is 13.5 Å². The fourth-order valence-corrected chi connectivity index (χ4v) is 2.18. The van der Waals surface area contributed by atoms with Crippen molar-refractivity contribution in [3.63, 3.8) is 0 Å². The molecule has 1 heterocycles. The van der Waals surface area contributed by atoms with Crippen LogP contribution in [0.3, 0.4) is 0 Å². The highest BCUT2D eigenvalue weighted by Crippen LogP contribution is 2.27. The van der Waals surface area contributed by atoms with Gasteiger partial charge in [-0.15, -0.1) is 11.3 Å². The fourth-order valence-electron chi connectivity index (χ4n) is 1.32. The Bertz CT molecular complexity index is 436. The number of aliphatic hydroxyl groups excluding tert-OH is 1. The molecule has 1 aromatic carbocycles. The fraction of sp³-hybridized carbons (Fsp3) is 0.182. The third kappa shape index (κ3) is 1.69. The van der Waals surface area contributed by atoms with Gasteiger partial charge < -0.3 is 5.11 Å². The van der Waals surface area contributed by atoms with Crippen LogP contribution in [0, 0.1) is 6.92 Å². The Morgan fingerprint density at radius 1 is 1.36 bits per heavy atom. The summed E-state index contributed by atoms with van der Waals surface area (Å²) in [6.45, 7) is 2.14. The third-order valence-corrected chi connectivity index (χ3v) is 3.10. The summed E-state index contributed by atoms with van der Waals surface area (Å²) in [7, 11) is 0. The van der Waals surface area contributed by atoms with E-state index >= 15 is 0 Å². The number of aliphatic hydroxyl groups is 1. The topological polar surface area (TPSA) is 33.1 Å². The second-order valence-corrected chi connectivity index (χ2v) is 4.22. The summed E-state index contributed by atoms with van der Waals surface area (Å²) in [6.07, 6.45) is 1.73. The minimum atomic E-state index is 0.0730. The van der Waals surface area contributed by atoms with Crippen LogP contribution in [0.1, 0.15) is 10.4 Å². The van der Waals surface area contributed by atoms with Crippen LogP contribution in [0.15, 0.2) is 30.5 Å². The summed E-state index contributed by atoms with van der Waals surface area (Å²) in [6, 6.07) is 8.13. The maximum absolute atomic E-state index is 8.94. The van der Waals surface area contributed by atoms with E-state index in [0.29, 0.717) is 0 Å². The van der Waals surface area contributed by atoms with Crippen molar-refractivity contribution in [1.29, 1.82) is 0 Å². The van der Waals surface area contributed by atoms with Gasteiger partial charge in [-0.2, -0.15) is 0 Å². The molecule has 0 radical (unpaired) electrons. The molecule has 0 amide bonds. The van der Waals surface area contributed by atoms with Crippen LogP contribution in [-0.4, -0.2) is 10.1 Å². The van der Waals surface area contributed by atoms with Crippen LogP contribution < -0.4 is 0 Å². The number of thiazole rings is 1. The van der Waals surface area contributed by atoms with Crippen LogP contribution in [0.2, 0.25) is 0 Å². The molecule has 0 aliphatic heterocycles. The molecule has 2 rings (SSSR count). The Morgan fingerprint density at radius 3 is 2.79 bits per heavy atom. The number of nitrogens with zero attached hydrogens (tertiary/aromatic N) is 1. The molecule has 2 aromatic rings. The van der Waals surface area contributed by atoms with E-state index in [1.54, 1.807) is 6.20 Å². The van der Waals surface area contributed by atoms with Gasteiger partial charge >= 0.3 is 0 Å². The van der Waals surface area contributed by atoms with Crippen LogP contribution >= 0.6 is 11.3 Å². The van der Waals surface area contributed by atoms with E-state index in [9.17, 15) is 0 Å². The molecule has 72 valence electrons. The SMILES string of the molecule is Cc1ccccc1-c1ncc(CO)s1. The Kier molecular flexibility index (Phi) is 2.61. The third-order valence-electron chi connectivity index (χ3n) is 2.08. The van der Waals surface area contributed by atoms with Crippen LogP contribution in [0.5, 0.6) is 0 Å². The number of rotatable bonds is 2. The standard InChI is InChI=1S/C11H11NOS/c1-8-4-2-3-5-10(8)11-12-6-9(7-13)14-11/h2-6,13H,7H2,1H3. The van der Waals surface area contributed by atoms with E-state index in [1.807, 2.05) is 12.1 Å². The van der Waals surface area contributed by atoms with Gasteiger partial charge in [0.25, 0.3) is 0 Å². The summed E-state index contributed by atoms with van der Waals surface area (Å²) in [5.74, 6) is 0. The van der Waals surface area contributed by atoms with Gasteiger partial charge in [-0.3, -0.25) is 0 Å². The number of hydrogen-bond acceptors (Lipinski definition) is 3. The molecule has 2 nitrogen and oxygen atoms in total. The first-order valence-electron chi connectivity index (χ1n) is 4.43. The average Bonchev–Trinajstić information content (AvgIpc) is 2.67. The second kappa shape index (κ2) is 3.90. The lowest BCUT2D eigenvalue weighted by Gasteiger charge is -1.99. The zero-order valence-electron chi connectivity index (χ0n) is 7.90. The Balaban J connectivity index is 2.44. The zero-order chi connectivity index (χ0) is 9.97. The molecular formula is C11H11NOS. The summed E-state index contributed by atoms with van der Waals surface area (Å²) in [4.78, 5) is 5.18. The van der Waals surface area contributed by atoms with Crippen molar-refractivity contribution in [2.75, 3.05) is 0 Å². The smallest absolute Gasteiger partial charge is 0.123 e. The molecule has 0 atom stereocenters. The van der Waals surface area contributed by atoms with E-state index in [0.717, 1.165) is 15.4 Å². The summed E-state index contributed by atoms with van der Waals surface area (Å²) < 4.78 is 0. The lowest BCUT2D eigenvalue weighted by Crippen LogP contribution is -1.79. The van der Waals surface area contributed by atoms with Gasteiger partial charge in [-0.25, -0.2) is 4.98 Å². The maximum atomic E-state index is 8.94. The molecule has 0 aliphatic carbocycles. The predicted octanol–water partition coefficient (Wildman–Crippen LogP) is 2.61. The first-order valence-corrected chi connectivity index (χ1v) is 5.24. The van der Waals surface area contributed by atoms with Crippen LogP contribution in [-0.2, 0) is 6.61 Å². The quantitative estimate of drug-likeness (QED) is 0.817. The molecule has 14 heavy (non-hydrogen) atoms. The van der Waals surface area contributed by atoms with Gasteiger partial charge in [0.2, 0.25) is 0 Å². The van der Waals surface area contributed by atoms with Crippen LogP contribution in [0.4, 0.5) is 0 Å². The number of benzene rings is 1. The second-order valence-electron chi connectivity index (χ2n) is 3.10. The van der Waals surface area contributed by atoms with Gasteiger partial charge in [-0.1, -0.05) is 24.3 Å². The largest absolute Gasteiger partial charge is 0.391 e. The first kappa shape index (κ1) is 9.37. The normalized spacial score (nSPS) is 10.4. The van der Waals surface area contributed by atoms with E-state index in [-0.39, 0.29) is 6.61 Å². The van der Waals surface area contributed by atoms with Crippen molar-refractivity contribution >= 4 is 11.3 Å². The number of aryl methyl sites for hydroxylation is 1. The minimum Gasteiger partial charge on any atom is -0.391 e. The molecule has 0 saturated heterocycles. The molecule has 1 aromatic heterocycles. The molecule has 0 unspecified atom stereocenters. The number of aromatic nitrogens is 1. The average molecular weight is 205 g/mol. The summed E-state index contributed by atoms with van der Waals surface area (Å²) in [5, 5.41) is 9.92. The Hall–Kier alpha value is -1.19. The molecule has 0 saturated carbocycles.